The van der Waals surface area contributed by atoms with Crippen LogP contribution in [0.2, 0.25) is 5.02 Å². The monoisotopic (exact) mass is 285 g/mol. The van der Waals surface area contributed by atoms with Gasteiger partial charge in [-0.15, -0.1) is 11.3 Å². The number of rotatable bonds is 2. The Balaban J connectivity index is 2.02. The van der Waals surface area contributed by atoms with Crippen molar-refractivity contribution >= 4 is 22.9 Å². The van der Waals surface area contributed by atoms with E-state index in [1.54, 1.807) is 11.3 Å². The highest BCUT2D eigenvalue weighted by Crippen LogP contribution is 2.31. The first kappa shape index (κ1) is 12.4. The van der Waals surface area contributed by atoms with Crippen molar-refractivity contribution < 1.29 is 0 Å². The summed E-state index contributed by atoms with van der Waals surface area (Å²) in [6, 6.07) is 16.1. The van der Waals surface area contributed by atoms with Crippen LogP contribution in [0.5, 0.6) is 0 Å². The zero-order valence-corrected chi connectivity index (χ0v) is 12.0. The van der Waals surface area contributed by atoms with Crippen molar-refractivity contribution in [2.24, 2.45) is 0 Å². The number of aryl methyl sites for hydroxylation is 1. The molecule has 0 amide bonds. The first-order chi connectivity index (χ1) is 9.24. The molecule has 0 saturated carbocycles. The van der Waals surface area contributed by atoms with E-state index in [2.05, 4.69) is 24.4 Å². The fourth-order valence-electron chi connectivity index (χ4n) is 2.01. The molecule has 0 unspecified atom stereocenters. The Hall–Kier alpha value is -1.64. The number of nitrogens with zero attached hydrogens (tertiary/aromatic N) is 1. The zero-order chi connectivity index (χ0) is 13.2. The molecule has 0 fully saturated rings. The summed E-state index contributed by atoms with van der Waals surface area (Å²) in [5, 5.41) is 3.90. The third-order valence-electron chi connectivity index (χ3n) is 2.99. The van der Waals surface area contributed by atoms with E-state index < -0.39 is 0 Å². The molecule has 1 nitrogen and oxygen atoms in total. The maximum absolute atomic E-state index is 5.99. The first-order valence-electron chi connectivity index (χ1n) is 6.01. The summed E-state index contributed by atoms with van der Waals surface area (Å²) in [6.45, 7) is 2.06. The molecule has 1 aromatic heterocycles. The molecule has 0 N–H and O–H groups in total. The van der Waals surface area contributed by atoms with Crippen molar-refractivity contribution in [3.8, 4) is 21.8 Å². The van der Waals surface area contributed by atoms with Gasteiger partial charge in [0, 0.05) is 21.5 Å². The van der Waals surface area contributed by atoms with Crippen LogP contribution in [0.4, 0.5) is 0 Å². The largest absolute Gasteiger partial charge is 0.236 e. The van der Waals surface area contributed by atoms with Crippen LogP contribution in [-0.4, -0.2) is 4.98 Å². The number of hydrogen-bond donors (Lipinski definition) is 0. The molecule has 0 saturated heterocycles. The van der Waals surface area contributed by atoms with Crippen molar-refractivity contribution in [3.63, 3.8) is 0 Å². The molecular weight excluding hydrogens is 274 g/mol. The lowest BCUT2D eigenvalue weighted by atomic mass is 10.1. The Bertz CT molecular complexity index is 704. The molecule has 0 atom stereocenters. The summed E-state index contributed by atoms with van der Waals surface area (Å²) in [5.74, 6) is 0. The first-order valence-corrected chi connectivity index (χ1v) is 7.27. The molecule has 3 rings (SSSR count). The smallest absolute Gasteiger partial charge is 0.124 e. The number of thiazole rings is 1. The van der Waals surface area contributed by atoms with E-state index in [0.717, 1.165) is 32.4 Å². The van der Waals surface area contributed by atoms with Gasteiger partial charge in [0.2, 0.25) is 0 Å². The van der Waals surface area contributed by atoms with E-state index in [-0.39, 0.29) is 0 Å². The van der Waals surface area contributed by atoms with E-state index in [4.69, 9.17) is 16.6 Å². The van der Waals surface area contributed by atoms with E-state index >= 15 is 0 Å². The third-order valence-corrected chi connectivity index (χ3v) is 4.10. The molecule has 0 aliphatic carbocycles. The van der Waals surface area contributed by atoms with E-state index in [0.29, 0.717) is 0 Å². The highest BCUT2D eigenvalue weighted by atomic mass is 35.5. The van der Waals surface area contributed by atoms with Crippen molar-refractivity contribution in [3.05, 3.63) is 64.5 Å². The summed E-state index contributed by atoms with van der Waals surface area (Å²) >= 11 is 7.65. The van der Waals surface area contributed by atoms with Gasteiger partial charge in [-0.2, -0.15) is 0 Å². The van der Waals surface area contributed by atoms with Gasteiger partial charge in [0.05, 0.1) is 5.69 Å². The van der Waals surface area contributed by atoms with E-state index in [1.807, 2.05) is 36.4 Å². The van der Waals surface area contributed by atoms with Crippen LogP contribution in [0.15, 0.2) is 53.9 Å². The zero-order valence-electron chi connectivity index (χ0n) is 10.4. The van der Waals surface area contributed by atoms with Crippen LogP contribution < -0.4 is 0 Å². The minimum Gasteiger partial charge on any atom is -0.236 e. The van der Waals surface area contributed by atoms with Crippen LogP contribution in [0.1, 0.15) is 5.56 Å². The van der Waals surface area contributed by atoms with Crippen LogP contribution >= 0.6 is 22.9 Å². The van der Waals surface area contributed by atoms with Crippen LogP contribution in [-0.2, 0) is 0 Å². The fraction of sp³-hybridized carbons (Fsp3) is 0.0625. The van der Waals surface area contributed by atoms with Gasteiger partial charge < -0.3 is 0 Å². The van der Waals surface area contributed by atoms with Crippen LogP contribution in [0, 0.1) is 6.92 Å². The second kappa shape index (κ2) is 5.16. The van der Waals surface area contributed by atoms with E-state index in [9.17, 15) is 0 Å². The minimum absolute atomic E-state index is 0.765. The third kappa shape index (κ3) is 2.55. The molecule has 0 aliphatic heterocycles. The second-order valence-electron chi connectivity index (χ2n) is 4.36. The van der Waals surface area contributed by atoms with Crippen molar-refractivity contribution in [2.45, 2.75) is 6.92 Å². The van der Waals surface area contributed by atoms with Gasteiger partial charge in [-0.1, -0.05) is 48.0 Å². The van der Waals surface area contributed by atoms with Gasteiger partial charge in [-0.3, -0.25) is 0 Å². The Morgan fingerprint density at radius 3 is 2.58 bits per heavy atom. The molecular formula is C16H12ClNS. The van der Waals surface area contributed by atoms with Crippen molar-refractivity contribution in [2.75, 3.05) is 0 Å². The average Bonchev–Trinajstić information content (AvgIpc) is 2.89. The number of aromatic nitrogens is 1. The molecule has 3 aromatic rings. The summed E-state index contributed by atoms with van der Waals surface area (Å²) < 4.78 is 0. The van der Waals surface area contributed by atoms with Crippen LogP contribution in [0.3, 0.4) is 0 Å². The average molecular weight is 286 g/mol. The summed E-state index contributed by atoms with van der Waals surface area (Å²) in [6.07, 6.45) is 0. The van der Waals surface area contributed by atoms with Gasteiger partial charge in [0.25, 0.3) is 0 Å². The predicted molar refractivity (Wildman–Crippen MR) is 82.7 cm³/mol. The van der Waals surface area contributed by atoms with Gasteiger partial charge in [0.1, 0.15) is 5.01 Å². The molecule has 0 aliphatic rings. The molecule has 2 aromatic carbocycles. The standard InChI is InChI=1S/C16H12ClNS/c1-11-9-13(17)7-8-14(11)16-18-15(10-19-16)12-5-3-2-4-6-12/h2-10H,1H3. The van der Waals surface area contributed by atoms with Crippen molar-refractivity contribution in [1.82, 2.24) is 4.98 Å². The predicted octanol–water partition coefficient (Wildman–Crippen LogP) is 5.44. The number of halogens is 1. The molecule has 0 spiro atoms. The quantitative estimate of drug-likeness (QED) is 0.611. The lowest BCUT2D eigenvalue weighted by molar-refractivity contribution is 1.37. The topological polar surface area (TPSA) is 12.9 Å². The van der Waals surface area contributed by atoms with Crippen molar-refractivity contribution in [1.29, 1.82) is 0 Å². The second-order valence-corrected chi connectivity index (χ2v) is 5.66. The normalized spacial score (nSPS) is 10.6. The lowest BCUT2D eigenvalue weighted by Crippen LogP contribution is -1.83. The molecule has 94 valence electrons. The minimum atomic E-state index is 0.765. The molecule has 0 radical (unpaired) electrons. The Labute approximate surface area is 121 Å². The highest BCUT2D eigenvalue weighted by molar-refractivity contribution is 7.13. The molecule has 0 bridgehead atoms. The molecule has 3 heteroatoms. The number of hydrogen-bond acceptors (Lipinski definition) is 2. The van der Waals surface area contributed by atoms with E-state index in [1.165, 1.54) is 0 Å². The highest BCUT2D eigenvalue weighted by Gasteiger charge is 2.08. The van der Waals surface area contributed by atoms with Gasteiger partial charge in [-0.25, -0.2) is 4.98 Å². The summed E-state index contributed by atoms with van der Waals surface area (Å²) in [5.41, 5.74) is 4.48. The molecule has 1 heterocycles. The van der Waals surface area contributed by atoms with Gasteiger partial charge in [-0.05, 0) is 24.6 Å². The van der Waals surface area contributed by atoms with Crippen LogP contribution in [0.25, 0.3) is 21.8 Å². The lowest BCUT2D eigenvalue weighted by Gasteiger charge is -2.02. The maximum Gasteiger partial charge on any atom is 0.124 e. The SMILES string of the molecule is Cc1cc(Cl)ccc1-c1nc(-c2ccccc2)cs1. The number of benzene rings is 2. The maximum atomic E-state index is 5.99. The Kier molecular flexibility index (Phi) is 3.36. The summed E-state index contributed by atoms with van der Waals surface area (Å²) in [7, 11) is 0. The Morgan fingerprint density at radius 1 is 1.05 bits per heavy atom. The van der Waals surface area contributed by atoms with Gasteiger partial charge >= 0.3 is 0 Å². The summed E-state index contributed by atoms with van der Waals surface area (Å²) in [4.78, 5) is 4.72. The Morgan fingerprint density at radius 2 is 1.84 bits per heavy atom. The fourth-order valence-corrected chi connectivity index (χ4v) is 3.15. The van der Waals surface area contributed by atoms with Gasteiger partial charge in [0.15, 0.2) is 0 Å². The molecule has 19 heavy (non-hydrogen) atoms.